The molecule has 0 heterocycles. The first-order valence-electron chi connectivity index (χ1n) is 14.1. The van der Waals surface area contributed by atoms with E-state index in [4.69, 9.17) is 14.2 Å². The standard InChI is InChI=1S/C28H57NO5/c1-5-6-7-15-19-28(33-4)20-16-13-11-9-8-10-12-14-17-23-34-25-27(31)24-29(26(2)30)21-18-22-32-3/h27-28,31H,5-25H2,1-4H3. The molecule has 0 aromatic rings. The largest absolute Gasteiger partial charge is 0.389 e. The molecule has 0 aliphatic rings. The fraction of sp³-hybridized carbons (Fsp3) is 0.964. The van der Waals surface area contributed by atoms with Gasteiger partial charge < -0.3 is 24.2 Å². The second-order valence-electron chi connectivity index (χ2n) is 9.72. The van der Waals surface area contributed by atoms with Crippen molar-refractivity contribution in [2.24, 2.45) is 0 Å². The van der Waals surface area contributed by atoms with Crippen molar-refractivity contribution in [3.8, 4) is 0 Å². The summed E-state index contributed by atoms with van der Waals surface area (Å²) in [5, 5.41) is 10.1. The monoisotopic (exact) mass is 487 g/mol. The summed E-state index contributed by atoms with van der Waals surface area (Å²) in [7, 11) is 3.52. The fourth-order valence-electron chi connectivity index (χ4n) is 4.30. The van der Waals surface area contributed by atoms with E-state index < -0.39 is 6.10 Å². The first kappa shape index (κ1) is 33.3. The molecular weight excluding hydrogens is 430 g/mol. The van der Waals surface area contributed by atoms with Gasteiger partial charge in [0.1, 0.15) is 0 Å². The Labute approximate surface area is 211 Å². The van der Waals surface area contributed by atoms with E-state index in [1.165, 1.54) is 96.8 Å². The highest BCUT2D eigenvalue weighted by atomic mass is 16.5. The zero-order chi connectivity index (χ0) is 25.3. The molecular formula is C28H57NO5. The number of aliphatic hydroxyl groups excluding tert-OH is 1. The Hall–Kier alpha value is -0.690. The Morgan fingerprint density at radius 1 is 0.794 bits per heavy atom. The summed E-state index contributed by atoms with van der Waals surface area (Å²) < 4.78 is 16.3. The molecule has 6 heteroatoms. The number of hydrogen-bond donors (Lipinski definition) is 1. The molecule has 0 saturated carbocycles. The minimum absolute atomic E-state index is 0.0212. The molecule has 34 heavy (non-hydrogen) atoms. The van der Waals surface area contributed by atoms with Crippen molar-refractivity contribution >= 4 is 5.91 Å². The fourth-order valence-corrected chi connectivity index (χ4v) is 4.30. The molecule has 1 N–H and O–H groups in total. The van der Waals surface area contributed by atoms with Gasteiger partial charge in [-0.3, -0.25) is 4.79 Å². The number of carbonyl (C=O) groups excluding carboxylic acids is 1. The van der Waals surface area contributed by atoms with Crippen LogP contribution in [0, 0.1) is 0 Å². The van der Waals surface area contributed by atoms with Gasteiger partial charge in [0, 0.05) is 47.4 Å². The van der Waals surface area contributed by atoms with Crippen LogP contribution in [0.4, 0.5) is 0 Å². The molecule has 0 saturated heterocycles. The van der Waals surface area contributed by atoms with Gasteiger partial charge in [-0.2, -0.15) is 0 Å². The van der Waals surface area contributed by atoms with Crippen LogP contribution in [0.25, 0.3) is 0 Å². The number of nitrogens with zero attached hydrogens (tertiary/aromatic N) is 1. The SMILES string of the molecule is CCCCCCC(CCCCCCCCCCCOCC(O)CN(CCCOC)C(C)=O)OC. The molecule has 204 valence electrons. The van der Waals surface area contributed by atoms with Crippen molar-refractivity contribution in [1.29, 1.82) is 0 Å². The molecule has 0 spiro atoms. The number of ether oxygens (including phenoxy) is 3. The van der Waals surface area contributed by atoms with Crippen LogP contribution in [0.5, 0.6) is 0 Å². The van der Waals surface area contributed by atoms with Gasteiger partial charge in [0.15, 0.2) is 0 Å². The lowest BCUT2D eigenvalue weighted by Crippen LogP contribution is -2.39. The molecule has 2 unspecified atom stereocenters. The topological polar surface area (TPSA) is 68.2 Å². The number of carbonyl (C=O) groups is 1. The minimum atomic E-state index is -0.633. The first-order valence-corrected chi connectivity index (χ1v) is 14.1. The van der Waals surface area contributed by atoms with Gasteiger partial charge in [0.05, 0.1) is 18.8 Å². The molecule has 6 nitrogen and oxygen atoms in total. The average molecular weight is 488 g/mol. The first-order chi connectivity index (χ1) is 16.5. The van der Waals surface area contributed by atoms with Crippen LogP contribution in [-0.2, 0) is 19.0 Å². The van der Waals surface area contributed by atoms with E-state index in [0.717, 1.165) is 12.8 Å². The maximum Gasteiger partial charge on any atom is 0.219 e. The minimum Gasteiger partial charge on any atom is -0.389 e. The Bertz CT molecular complexity index is 435. The number of unbranched alkanes of at least 4 members (excludes halogenated alkanes) is 11. The lowest BCUT2D eigenvalue weighted by Gasteiger charge is -2.24. The molecule has 1 amide bonds. The van der Waals surface area contributed by atoms with Crippen molar-refractivity contribution in [3.63, 3.8) is 0 Å². The quantitative estimate of drug-likeness (QED) is 0.149. The maximum atomic E-state index is 11.7. The van der Waals surface area contributed by atoms with Gasteiger partial charge in [0.25, 0.3) is 0 Å². The highest BCUT2D eigenvalue weighted by Crippen LogP contribution is 2.16. The van der Waals surface area contributed by atoms with Gasteiger partial charge in [-0.05, 0) is 25.7 Å². The van der Waals surface area contributed by atoms with E-state index in [2.05, 4.69) is 6.92 Å². The van der Waals surface area contributed by atoms with Gasteiger partial charge in [-0.25, -0.2) is 0 Å². The highest BCUT2D eigenvalue weighted by molar-refractivity contribution is 5.73. The number of rotatable bonds is 26. The number of methoxy groups -OCH3 is 2. The second kappa shape index (κ2) is 25.4. The van der Waals surface area contributed by atoms with Crippen molar-refractivity contribution in [3.05, 3.63) is 0 Å². The van der Waals surface area contributed by atoms with E-state index >= 15 is 0 Å². The summed E-state index contributed by atoms with van der Waals surface area (Å²) in [6.07, 6.45) is 19.8. The summed E-state index contributed by atoms with van der Waals surface area (Å²) in [5.74, 6) is -0.0212. The second-order valence-corrected chi connectivity index (χ2v) is 9.72. The molecule has 0 aliphatic carbocycles. The summed E-state index contributed by atoms with van der Waals surface area (Å²) >= 11 is 0. The normalized spacial score (nSPS) is 13.2. The third kappa shape index (κ3) is 21.8. The van der Waals surface area contributed by atoms with Gasteiger partial charge in [-0.1, -0.05) is 84.0 Å². The summed E-state index contributed by atoms with van der Waals surface area (Å²) in [6, 6.07) is 0. The predicted molar refractivity (Wildman–Crippen MR) is 141 cm³/mol. The number of amides is 1. The molecule has 0 radical (unpaired) electrons. The molecule has 0 rings (SSSR count). The van der Waals surface area contributed by atoms with Gasteiger partial charge in [0.2, 0.25) is 5.91 Å². The summed E-state index contributed by atoms with van der Waals surface area (Å²) in [5.41, 5.74) is 0. The van der Waals surface area contributed by atoms with Gasteiger partial charge in [-0.15, -0.1) is 0 Å². The van der Waals surface area contributed by atoms with Crippen LogP contribution in [0.3, 0.4) is 0 Å². The van der Waals surface area contributed by atoms with E-state index in [-0.39, 0.29) is 12.5 Å². The van der Waals surface area contributed by atoms with Crippen molar-refractivity contribution in [1.82, 2.24) is 4.90 Å². The van der Waals surface area contributed by atoms with Crippen LogP contribution in [0.15, 0.2) is 0 Å². The summed E-state index contributed by atoms with van der Waals surface area (Å²) in [4.78, 5) is 13.3. The highest BCUT2D eigenvalue weighted by Gasteiger charge is 2.14. The lowest BCUT2D eigenvalue weighted by molar-refractivity contribution is -0.131. The molecule has 2 atom stereocenters. The van der Waals surface area contributed by atoms with E-state index in [0.29, 0.717) is 32.4 Å². The van der Waals surface area contributed by atoms with Crippen LogP contribution in [0.2, 0.25) is 0 Å². The molecule has 0 fully saturated rings. The summed E-state index contributed by atoms with van der Waals surface area (Å²) in [6.45, 7) is 6.31. The van der Waals surface area contributed by atoms with Crippen molar-refractivity contribution in [2.75, 3.05) is 47.1 Å². The Morgan fingerprint density at radius 2 is 1.35 bits per heavy atom. The Kier molecular flexibility index (Phi) is 24.9. The smallest absolute Gasteiger partial charge is 0.219 e. The maximum absolute atomic E-state index is 11.7. The molecule has 0 aromatic carbocycles. The number of aliphatic hydroxyl groups is 1. The number of hydrogen-bond acceptors (Lipinski definition) is 5. The lowest BCUT2D eigenvalue weighted by atomic mass is 10.0. The zero-order valence-corrected chi connectivity index (χ0v) is 23.0. The van der Waals surface area contributed by atoms with Gasteiger partial charge >= 0.3 is 0 Å². The van der Waals surface area contributed by atoms with Crippen LogP contribution in [0.1, 0.15) is 117 Å². The zero-order valence-electron chi connectivity index (χ0n) is 23.0. The average Bonchev–Trinajstić information content (AvgIpc) is 2.82. The molecule has 0 aliphatic heterocycles. The third-order valence-electron chi connectivity index (χ3n) is 6.49. The van der Waals surface area contributed by atoms with Crippen LogP contribution in [-0.4, -0.2) is 75.3 Å². The van der Waals surface area contributed by atoms with Crippen LogP contribution < -0.4 is 0 Å². The van der Waals surface area contributed by atoms with Crippen molar-refractivity contribution in [2.45, 2.75) is 129 Å². The third-order valence-corrected chi connectivity index (χ3v) is 6.49. The van der Waals surface area contributed by atoms with Crippen molar-refractivity contribution < 1.29 is 24.1 Å². The van der Waals surface area contributed by atoms with E-state index in [1.807, 2.05) is 7.11 Å². The van der Waals surface area contributed by atoms with Crippen LogP contribution >= 0.6 is 0 Å². The van der Waals surface area contributed by atoms with E-state index in [9.17, 15) is 9.90 Å². The Morgan fingerprint density at radius 3 is 1.88 bits per heavy atom. The van der Waals surface area contributed by atoms with E-state index in [1.54, 1.807) is 12.0 Å². The predicted octanol–water partition coefficient (Wildman–Crippen LogP) is 6.14. The molecule has 0 bridgehead atoms. The Balaban J connectivity index is 3.49. The molecule has 0 aromatic heterocycles.